The van der Waals surface area contributed by atoms with Crippen LogP contribution in [-0.2, 0) is 0 Å². The number of allylic oxidation sites excluding steroid dienone is 1. The van der Waals surface area contributed by atoms with Crippen LogP contribution in [0.5, 0.6) is 11.5 Å². The van der Waals surface area contributed by atoms with Crippen molar-refractivity contribution < 1.29 is 14.3 Å². The second-order valence-electron chi connectivity index (χ2n) is 4.40. The molecule has 0 bridgehead atoms. The number of anilines is 1. The lowest BCUT2D eigenvalue weighted by atomic mass is 10.1. The number of ether oxygens (including phenoxy) is 2. The van der Waals surface area contributed by atoms with Gasteiger partial charge in [0.1, 0.15) is 11.5 Å². The lowest BCUT2D eigenvalue weighted by molar-refractivity contribution is 0.104. The lowest BCUT2D eigenvalue weighted by Crippen LogP contribution is -1.96. The van der Waals surface area contributed by atoms with E-state index in [2.05, 4.69) is 0 Å². The highest BCUT2D eigenvalue weighted by Gasteiger charge is 2.07. The van der Waals surface area contributed by atoms with E-state index in [0.29, 0.717) is 22.7 Å². The molecule has 0 aliphatic heterocycles. The molecule has 0 fully saturated rings. The van der Waals surface area contributed by atoms with Gasteiger partial charge in [0.25, 0.3) is 0 Å². The minimum Gasteiger partial charge on any atom is -0.496 e. The molecule has 0 aliphatic carbocycles. The molecule has 0 spiro atoms. The number of hydrogen-bond donors (Lipinski definition) is 1. The minimum absolute atomic E-state index is 0.108. The van der Waals surface area contributed by atoms with Gasteiger partial charge < -0.3 is 15.2 Å². The van der Waals surface area contributed by atoms with Gasteiger partial charge >= 0.3 is 0 Å². The Morgan fingerprint density at radius 2 is 1.57 bits per heavy atom. The Kier molecular flexibility index (Phi) is 4.61. The van der Waals surface area contributed by atoms with Crippen molar-refractivity contribution in [2.75, 3.05) is 20.0 Å². The van der Waals surface area contributed by atoms with Crippen molar-refractivity contribution in [2.24, 2.45) is 0 Å². The minimum atomic E-state index is -0.108. The van der Waals surface area contributed by atoms with Crippen LogP contribution < -0.4 is 15.2 Å². The Bertz CT molecular complexity index is 638. The highest BCUT2D eigenvalue weighted by atomic mass is 16.5. The molecule has 0 saturated heterocycles. The second-order valence-corrected chi connectivity index (χ2v) is 4.40. The molecule has 0 aliphatic rings. The molecule has 0 atom stereocenters. The quantitative estimate of drug-likeness (QED) is 0.520. The number of ketones is 1. The summed E-state index contributed by atoms with van der Waals surface area (Å²) < 4.78 is 10.6. The van der Waals surface area contributed by atoms with Crippen LogP contribution in [0.4, 0.5) is 5.69 Å². The van der Waals surface area contributed by atoms with Gasteiger partial charge in [-0.15, -0.1) is 0 Å². The molecular formula is C17H17NO3. The molecule has 2 N–H and O–H groups in total. The molecule has 4 heteroatoms. The van der Waals surface area contributed by atoms with Gasteiger partial charge in [-0.1, -0.05) is 6.07 Å². The molecule has 0 heterocycles. The third-order valence-electron chi connectivity index (χ3n) is 3.06. The third kappa shape index (κ3) is 3.42. The van der Waals surface area contributed by atoms with Gasteiger partial charge in [-0.25, -0.2) is 0 Å². The molecule has 2 aromatic rings. The summed E-state index contributed by atoms with van der Waals surface area (Å²) in [7, 11) is 3.15. The summed E-state index contributed by atoms with van der Waals surface area (Å²) in [5.41, 5.74) is 7.54. The average Bonchev–Trinajstić information content (AvgIpc) is 2.52. The summed E-state index contributed by atoms with van der Waals surface area (Å²) in [5.74, 6) is 1.19. The lowest BCUT2D eigenvalue weighted by Gasteiger charge is -2.09. The van der Waals surface area contributed by atoms with Crippen LogP contribution in [0, 0.1) is 0 Å². The summed E-state index contributed by atoms with van der Waals surface area (Å²) in [6.07, 6.45) is 3.18. The molecule has 0 amide bonds. The van der Waals surface area contributed by atoms with Crippen molar-refractivity contribution >= 4 is 17.5 Å². The Morgan fingerprint density at radius 3 is 2.10 bits per heavy atom. The Hall–Kier alpha value is -2.75. The maximum absolute atomic E-state index is 12.1. The number of benzene rings is 2. The standard InChI is InChI=1S/C17H17NO3/c1-20-16-4-3-5-17(21-2)14(16)10-11-15(19)12-6-8-13(18)9-7-12/h3-11H,18H2,1-2H3. The Labute approximate surface area is 123 Å². The van der Waals surface area contributed by atoms with E-state index >= 15 is 0 Å². The van der Waals surface area contributed by atoms with Crippen LogP contribution in [0.1, 0.15) is 15.9 Å². The maximum Gasteiger partial charge on any atom is 0.185 e. The Morgan fingerprint density at radius 1 is 1.00 bits per heavy atom. The molecule has 2 aromatic carbocycles. The number of nitrogens with two attached hydrogens (primary N) is 1. The zero-order valence-corrected chi connectivity index (χ0v) is 12.0. The maximum atomic E-state index is 12.1. The summed E-state index contributed by atoms with van der Waals surface area (Å²) >= 11 is 0. The normalized spacial score (nSPS) is 10.6. The van der Waals surface area contributed by atoms with E-state index in [9.17, 15) is 4.79 Å². The smallest absolute Gasteiger partial charge is 0.185 e. The fourth-order valence-electron chi connectivity index (χ4n) is 1.95. The van der Waals surface area contributed by atoms with Crippen LogP contribution in [0.15, 0.2) is 48.5 Å². The van der Waals surface area contributed by atoms with E-state index in [4.69, 9.17) is 15.2 Å². The molecule has 0 aromatic heterocycles. The molecule has 0 unspecified atom stereocenters. The van der Waals surface area contributed by atoms with E-state index in [-0.39, 0.29) is 5.78 Å². The molecule has 108 valence electrons. The van der Waals surface area contributed by atoms with Crippen molar-refractivity contribution in [1.82, 2.24) is 0 Å². The van der Waals surface area contributed by atoms with Gasteiger partial charge in [0.2, 0.25) is 0 Å². The number of methoxy groups -OCH3 is 2. The van der Waals surface area contributed by atoms with Gasteiger partial charge in [0.15, 0.2) is 5.78 Å². The van der Waals surface area contributed by atoms with Crippen molar-refractivity contribution in [1.29, 1.82) is 0 Å². The highest BCUT2D eigenvalue weighted by Crippen LogP contribution is 2.29. The molecular weight excluding hydrogens is 266 g/mol. The number of nitrogen functional groups attached to an aromatic ring is 1. The van der Waals surface area contributed by atoms with Crippen molar-refractivity contribution in [3.8, 4) is 11.5 Å². The van der Waals surface area contributed by atoms with Crippen LogP contribution in [0.3, 0.4) is 0 Å². The van der Waals surface area contributed by atoms with Gasteiger partial charge in [0.05, 0.1) is 19.8 Å². The first-order chi connectivity index (χ1) is 10.2. The number of rotatable bonds is 5. The summed E-state index contributed by atoms with van der Waals surface area (Å²) in [5, 5.41) is 0. The predicted octanol–water partition coefficient (Wildman–Crippen LogP) is 3.18. The zero-order chi connectivity index (χ0) is 15.2. The fourth-order valence-corrected chi connectivity index (χ4v) is 1.95. The first-order valence-corrected chi connectivity index (χ1v) is 6.44. The van der Waals surface area contributed by atoms with Gasteiger partial charge in [0, 0.05) is 11.3 Å². The van der Waals surface area contributed by atoms with E-state index < -0.39 is 0 Å². The van der Waals surface area contributed by atoms with E-state index in [1.165, 1.54) is 6.08 Å². The number of carbonyl (C=O) groups excluding carboxylic acids is 1. The first-order valence-electron chi connectivity index (χ1n) is 6.44. The van der Waals surface area contributed by atoms with Gasteiger partial charge in [-0.3, -0.25) is 4.79 Å². The number of hydrogen-bond acceptors (Lipinski definition) is 4. The SMILES string of the molecule is COc1cccc(OC)c1C=CC(=O)c1ccc(N)cc1. The van der Waals surface area contributed by atoms with Crippen LogP contribution in [0.25, 0.3) is 6.08 Å². The van der Waals surface area contributed by atoms with E-state index in [0.717, 1.165) is 5.56 Å². The van der Waals surface area contributed by atoms with Crippen LogP contribution in [-0.4, -0.2) is 20.0 Å². The Balaban J connectivity index is 2.28. The van der Waals surface area contributed by atoms with Crippen molar-refractivity contribution in [3.63, 3.8) is 0 Å². The monoisotopic (exact) mass is 283 g/mol. The summed E-state index contributed by atoms with van der Waals surface area (Å²) in [4.78, 5) is 12.1. The summed E-state index contributed by atoms with van der Waals surface area (Å²) in [6.45, 7) is 0. The predicted molar refractivity (Wildman–Crippen MR) is 83.8 cm³/mol. The first kappa shape index (κ1) is 14.7. The molecule has 2 rings (SSSR count). The molecule has 0 radical (unpaired) electrons. The zero-order valence-electron chi connectivity index (χ0n) is 12.0. The van der Waals surface area contributed by atoms with Crippen molar-refractivity contribution in [2.45, 2.75) is 0 Å². The fraction of sp³-hybridized carbons (Fsp3) is 0.118. The van der Waals surface area contributed by atoms with Crippen molar-refractivity contribution in [3.05, 3.63) is 59.7 Å². The highest BCUT2D eigenvalue weighted by molar-refractivity contribution is 6.07. The molecule has 21 heavy (non-hydrogen) atoms. The molecule has 0 saturated carbocycles. The van der Waals surface area contributed by atoms with E-state index in [1.54, 1.807) is 44.6 Å². The van der Waals surface area contributed by atoms with Crippen LogP contribution in [0.2, 0.25) is 0 Å². The van der Waals surface area contributed by atoms with Gasteiger partial charge in [-0.05, 0) is 48.6 Å². The largest absolute Gasteiger partial charge is 0.496 e. The van der Waals surface area contributed by atoms with E-state index in [1.807, 2.05) is 18.2 Å². The average molecular weight is 283 g/mol. The number of carbonyl (C=O) groups is 1. The molecule has 4 nitrogen and oxygen atoms in total. The van der Waals surface area contributed by atoms with Gasteiger partial charge in [-0.2, -0.15) is 0 Å². The summed E-state index contributed by atoms with van der Waals surface area (Å²) in [6, 6.07) is 12.3. The van der Waals surface area contributed by atoms with Crippen LogP contribution >= 0.6 is 0 Å². The topological polar surface area (TPSA) is 61.5 Å². The second kappa shape index (κ2) is 6.61. The third-order valence-corrected chi connectivity index (χ3v) is 3.06.